The highest BCUT2D eigenvalue weighted by Gasteiger charge is 2.32. The maximum atomic E-state index is 13.6. The number of carbonyl (C=O) groups is 2. The van der Waals surface area contributed by atoms with Gasteiger partial charge in [0.1, 0.15) is 10.5 Å². The van der Waals surface area contributed by atoms with Crippen molar-refractivity contribution in [2.45, 2.75) is 45.7 Å². The molecule has 31 heavy (non-hydrogen) atoms. The van der Waals surface area contributed by atoms with Crippen molar-refractivity contribution in [3.8, 4) is 0 Å². The van der Waals surface area contributed by atoms with E-state index in [2.05, 4.69) is 9.88 Å². The Labute approximate surface area is 192 Å². The number of nitrogens with one attached hydrogen (secondary N) is 1. The summed E-state index contributed by atoms with van der Waals surface area (Å²) < 4.78 is 2.08. The lowest BCUT2D eigenvalue weighted by molar-refractivity contribution is -0.127. The molecule has 3 aromatic rings. The molecular weight excluding hydrogens is 430 g/mol. The molecule has 1 saturated heterocycles. The average Bonchev–Trinajstić information content (AvgIpc) is 3.29. The Balaban J connectivity index is 1.59. The minimum atomic E-state index is -0.278. The number of fused-ring (bicyclic) bond motifs is 1. The first-order valence-corrected chi connectivity index (χ1v) is 11.9. The predicted octanol–water partition coefficient (Wildman–Crippen LogP) is 5.17. The number of thiophene rings is 1. The number of carbonyl (C=O) groups excluding carboxylic acids is 2. The lowest BCUT2D eigenvalue weighted by Crippen LogP contribution is -2.50. The summed E-state index contributed by atoms with van der Waals surface area (Å²) in [6, 6.07) is 11.7. The SMILES string of the molecule is CC(C)(C)NC(=O)C1CCCN(C(=O)c2cc3ccsc3n2Cc2cccc(Cl)c2)C1. The summed E-state index contributed by atoms with van der Waals surface area (Å²) in [5, 5.41) is 6.85. The molecule has 0 radical (unpaired) electrons. The fourth-order valence-electron chi connectivity index (χ4n) is 4.14. The van der Waals surface area contributed by atoms with Gasteiger partial charge in [-0.2, -0.15) is 0 Å². The van der Waals surface area contributed by atoms with E-state index in [9.17, 15) is 9.59 Å². The minimum absolute atomic E-state index is 0.0151. The Morgan fingerprint density at radius 1 is 1.23 bits per heavy atom. The molecule has 5 nitrogen and oxygen atoms in total. The number of hydrogen-bond donors (Lipinski definition) is 1. The second-order valence-electron chi connectivity index (χ2n) is 9.26. The van der Waals surface area contributed by atoms with E-state index in [0.29, 0.717) is 30.4 Å². The molecule has 164 valence electrons. The van der Waals surface area contributed by atoms with E-state index in [0.717, 1.165) is 28.6 Å². The van der Waals surface area contributed by atoms with Crippen LogP contribution in [0.2, 0.25) is 5.02 Å². The molecule has 0 spiro atoms. The van der Waals surface area contributed by atoms with Crippen LogP contribution in [0, 0.1) is 5.92 Å². The lowest BCUT2D eigenvalue weighted by atomic mass is 9.95. The van der Waals surface area contributed by atoms with E-state index in [-0.39, 0.29) is 23.3 Å². The molecule has 1 aromatic carbocycles. The van der Waals surface area contributed by atoms with Crippen LogP contribution in [0.5, 0.6) is 0 Å². The van der Waals surface area contributed by atoms with Crippen LogP contribution in [0.25, 0.3) is 10.2 Å². The van der Waals surface area contributed by atoms with Gasteiger partial charge in [-0.05, 0) is 68.8 Å². The van der Waals surface area contributed by atoms with E-state index in [4.69, 9.17) is 11.6 Å². The van der Waals surface area contributed by atoms with Gasteiger partial charge in [-0.1, -0.05) is 23.7 Å². The predicted molar refractivity (Wildman–Crippen MR) is 127 cm³/mol. The van der Waals surface area contributed by atoms with Gasteiger partial charge < -0.3 is 14.8 Å². The van der Waals surface area contributed by atoms with Crippen LogP contribution in [0.1, 0.15) is 49.7 Å². The summed E-state index contributed by atoms with van der Waals surface area (Å²) in [5.74, 6) is -0.159. The highest BCUT2D eigenvalue weighted by molar-refractivity contribution is 7.16. The van der Waals surface area contributed by atoms with Gasteiger partial charge in [0.15, 0.2) is 0 Å². The molecule has 2 amide bonds. The summed E-state index contributed by atoms with van der Waals surface area (Å²) in [6.45, 7) is 7.64. The van der Waals surface area contributed by atoms with Crippen LogP contribution in [0.15, 0.2) is 41.8 Å². The first-order chi connectivity index (χ1) is 14.7. The molecule has 2 aromatic heterocycles. The normalized spacial score (nSPS) is 17.2. The number of hydrogen-bond acceptors (Lipinski definition) is 3. The Bertz CT molecular complexity index is 1110. The largest absolute Gasteiger partial charge is 0.351 e. The van der Waals surface area contributed by atoms with E-state index >= 15 is 0 Å². The van der Waals surface area contributed by atoms with Crippen LogP contribution < -0.4 is 5.32 Å². The zero-order chi connectivity index (χ0) is 22.2. The number of rotatable bonds is 4. The molecule has 0 bridgehead atoms. The van der Waals surface area contributed by atoms with Gasteiger partial charge in [0.25, 0.3) is 5.91 Å². The van der Waals surface area contributed by atoms with E-state index in [1.807, 2.05) is 67.4 Å². The van der Waals surface area contributed by atoms with Gasteiger partial charge in [0.2, 0.25) is 5.91 Å². The zero-order valence-electron chi connectivity index (χ0n) is 18.2. The molecule has 4 rings (SSSR count). The Hall–Kier alpha value is -2.31. The monoisotopic (exact) mass is 457 g/mol. The fraction of sp³-hybridized carbons (Fsp3) is 0.417. The van der Waals surface area contributed by atoms with Gasteiger partial charge in [-0.25, -0.2) is 0 Å². The summed E-state index contributed by atoms with van der Waals surface area (Å²) in [7, 11) is 0. The van der Waals surface area contributed by atoms with Crippen LogP contribution in [0.4, 0.5) is 0 Å². The molecule has 1 fully saturated rings. The van der Waals surface area contributed by atoms with Gasteiger partial charge in [-0.15, -0.1) is 11.3 Å². The van der Waals surface area contributed by atoms with Crippen molar-refractivity contribution in [3.63, 3.8) is 0 Å². The Morgan fingerprint density at radius 2 is 2.03 bits per heavy atom. The molecule has 3 heterocycles. The van der Waals surface area contributed by atoms with Crippen LogP contribution in [-0.2, 0) is 11.3 Å². The van der Waals surface area contributed by atoms with E-state index < -0.39 is 0 Å². The molecule has 0 saturated carbocycles. The van der Waals surface area contributed by atoms with Crippen molar-refractivity contribution in [3.05, 3.63) is 58.1 Å². The first-order valence-electron chi connectivity index (χ1n) is 10.6. The first kappa shape index (κ1) is 21.9. The number of aromatic nitrogens is 1. The number of nitrogens with zero attached hydrogens (tertiary/aromatic N) is 2. The lowest BCUT2D eigenvalue weighted by Gasteiger charge is -2.34. The number of benzene rings is 1. The van der Waals surface area contributed by atoms with Crippen LogP contribution in [-0.4, -0.2) is 39.9 Å². The molecule has 1 aliphatic heterocycles. The molecule has 7 heteroatoms. The number of amides is 2. The third-order valence-corrected chi connectivity index (χ3v) is 6.72. The topological polar surface area (TPSA) is 54.3 Å². The number of likely N-dealkylation sites (tertiary alicyclic amines) is 1. The van der Waals surface area contributed by atoms with Crippen molar-refractivity contribution in [1.82, 2.24) is 14.8 Å². The zero-order valence-corrected chi connectivity index (χ0v) is 19.7. The Morgan fingerprint density at radius 3 is 2.77 bits per heavy atom. The third-order valence-electron chi connectivity index (χ3n) is 5.53. The summed E-state index contributed by atoms with van der Waals surface area (Å²) in [6.07, 6.45) is 1.64. The van der Waals surface area contributed by atoms with Gasteiger partial charge in [0, 0.05) is 35.6 Å². The summed E-state index contributed by atoms with van der Waals surface area (Å²) in [4.78, 5) is 29.2. The highest BCUT2D eigenvalue weighted by atomic mass is 35.5. The fourth-order valence-corrected chi connectivity index (χ4v) is 5.25. The van der Waals surface area contributed by atoms with Crippen molar-refractivity contribution >= 4 is 45.0 Å². The van der Waals surface area contributed by atoms with Crippen molar-refractivity contribution in [2.24, 2.45) is 5.92 Å². The van der Waals surface area contributed by atoms with Crippen molar-refractivity contribution in [2.75, 3.05) is 13.1 Å². The second-order valence-corrected chi connectivity index (χ2v) is 10.6. The van der Waals surface area contributed by atoms with E-state index in [1.54, 1.807) is 11.3 Å². The molecule has 1 N–H and O–H groups in total. The third kappa shape index (κ3) is 4.96. The van der Waals surface area contributed by atoms with Gasteiger partial charge >= 0.3 is 0 Å². The van der Waals surface area contributed by atoms with E-state index in [1.165, 1.54) is 0 Å². The standard InChI is InChI=1S/C24H28ClN3O2S/c1-24(2,3)26-21(29)18-7-5-10-27(15-18)22(30)20-13-17-9-11-31-23(17)28(20)14-16-6-4-8-19(25)12-16/h4,6,8-9,11-13,18H,5,7,10,14-15H2,1-3H3,(H,26,29). The molecule has 1 atom stereocenters. The summed E-state index contributed by atoms with van der Waals surface area (Å²) >= 11 is 7.81. The van der Waals surface area contributed by atoms with Gasteiger partial charge in [0.05, 0.1) is 5.92 Å². The van der Waals surface area contributed by atoms with Gasteiger partial charge in [-0.3, -0.25) is 9.59 Å². The maximum Gasteiger partial charge on any atom is 0.270 e. The second kappa shape index (κ2) is 8.67. The maximum absolute atomic E-state index is 13.6. The van der Waals surface area contributed by atoms with Crippen molar-refractivity contribution in [1.29, 1.82) is 0 Å². The molecule has 1 aliphatic rings. The summed E-state index contributed by atoms with van der Waals surface area (Å²) in [5.41, 5.74) is 1.44. The Kier molecular flexibility index (Phi) is 6.13. The average molecular weight is 458 g/mol. The molecule has 1 unspecified atom stereocenters. The van der Waals surface area contributed by atoms with Crippen LogP contribution in [0.3, 0.4) is 0 Å². The smallest absolute Gasteiger partial charge is 0.270 e. The minimum Gasteiger partial charge on any atom is -0.351 e. The number of halogens is 1. The quantitative estimate of drug-likeness (QED) is 0.587. The number of piperidine rings is 1. The van der Waals surface area contributed by atoms with Crippen LogP contribution >= 0.6 is 22.9 Å². The molecule has 0 aliphatic carbocycles. The highest BCUT2D eigenvalue weighted by Crippen LogP contribution is 2.29. The molecular formula is C24H28ClN3O2S. The van der Waals surface area contributed by atoms with Crippen molar-refractivity contribution < 1.29 is 9.59 Å².